The molecule has 2 fully saturated rings. The van der Waals surface area contributed by atoms with Crippen molar-refractivity contribution in [1.82, 2.24) is 5.32 Å². The Hall–Kier alpha value is -0.930. The van der Waals surface area contributed by atoms with E-state index in [9.17, 15) is 4.39 Å². The van der Waals surface area contributed by atoms with E-state index in [1.54, 1.807) is 0 Å². The molecule has 1 aromatic carbocycles. The van der Waals surface area contributed by atoms with Gasteiger partial charge >= 0.3 is 0 Å². The average molecular weight is 248 g/mol. The maximum absolute atomic E-state index is 14.6. The molecule has 0 bridgehead atoms. The van der Waals surface area contributed by atoms with Gasteiger partial charge in [-0.15, -0.1) is 0 Å². The predicted molar refractivity (Wildman–Crippen MR) is 71.0 cm³/mol. The van der Waals surface area contributed by atoms with Crippen LogP contribution >= 0.6 is 0 Å². The van der Waals surface area contributed by atoms with Crippen LogP contribution in [0, 0.1) is 0 Å². The SMILES string of the molecule is NC1CCC(NC2CC2(F)c2ccccc2)CC1. The third kappa shape index (κ3) is 2.29. The summed E-state index contributed by atoms with van der Waals surface area (Å²) in [6.45, 7) is 0. The molecule has 2 saturated carbocycles. The molecule has 98 valence electrons. The number of alkyl halides is 1. The molecule has 1 aromatic rings. The number of hydrogen-bond donors (Lipinski definition) is 2. The van der Waals surface area contributed by atoms with Crippen LogP contribution in [0.1, 0.15) is 37.7 Å². The zero-order valence-corrected chi connectivity index (χ0v) is 10.6. The first-order valence-corrected chi connectivity index (χ1v) is 6.94. The van der Waals surface area contributed by atoms with Crippen LogP contribution < -0.4 is 11.1 Å². The van der Waals surface area contributed by atoms with Crippen LogP contribution in [-0.2, 0) is 5.67 Å². The second-order valence-electron chi connectivity index (χ2n) is 5.76. The Morgan fingerprint density at radius 3 is 2.44 bits per heavy atom. The molecule has 18 heavy (non-hydrogen) atoms. The molecule has 3 heteroatoms. The van der Waals surface area contributed by atoms with E-state index in [1.807, 2.05) is 30.3 Å². The summed E-state index contributed by atoms with van der Waals surface area (Å²) in [5.74, 6) is 0. The van der Waals surface area contributed by atoms with Crippen molar-refractivity contribution in [3.8, 4) is 0 Å². The molecule has 0 spiro atoms. The lowest BCUT2D eigenvalue weighted by atomic mass is 9.91. The maximum Gasteiger partial charge on any atom is 0.152 e. The highest BCUT2D eigenvalue weighted by atomic mass is 19.1. The van der Waals surface area contributed by atoms with Crippen molar-refractivity contribution in [3.05, 3.63) is 35.9 Å². The van der Waals surface area contributed by atoms with Crippen LogP contribution in [0.3, 0.4) is 0 Å². The van der Waals surface area contributed by atoms with Crippen LogP contribution in [0.4, 0.5) is 4.39 Å². The summed E-state index contributed by atoms with van der Waals surface area (Å²) < 4.78 is 14.6. The lowest BCUT2D eigenvalue weighted by Crippen LogP contribution is -2.40. The third-order valence-corrected chi connectivity index (χ3v) is 4.36. The average Bonchev–Trinajstić information content (AvgIpc) is 3.05. The number of rotatable bonds is 3. The van der Waals surface area contributed by atoms with Gasteiger partial charge in [0.1, 0.15) is 0 Å². The Morgan fingerprint density at radius 2 is 1.78 bits per heavy atom. The summed E-state index contributed by atoms with van der Waals surface area (Å²) in [4.78, 5) is 0. The molecule has 2 unspecified atom stereocenters. The molecular weight excluding hydrogens is 227 g/mol. The molecule has 0 saturated heterocycles. The van der Waals surface area contributed by atoms with Gasteiger partial charge in [0, 0.05) is 24.5 Å². The highest BCUT2D eigenvalue weighted by molar-refractivity contribution is 5.32. The Labute approximate surface area is 108 Å². The van der Waals surface area contributed by atoms with Gasteiger partial charge in [0.15, 0.2) is 5.67 Å². The number of benzene rings is 1. The van der Waals surface area contributed by atoms with Crippen molar-refractivity contribution in [2.45, 2.75) is 55.9 Å². The van der Waals surface area contributed by atoms with Gasteiger partial charge in [-0.2, -0.15) is 0 Å². The van der Waals surface area contributed by atoms with Crippen molar-refractivity contribution in [1.29, 1.82) is 0 Å². The minimum absolute atomic E-state index is 0.000718. The van der Waals surface area contributed by atoms with E-state index in [2.05, 4.69) is 5.32 Å². The molecule has 2 aliphatic rings. The van der Waals surface area contributed by atoms with Gasteiger partial charge in [-0.25, -0.2) is 4.39 Å². The topological polar surface area (TPSA) is 38.0 Å². The molecule has 0 heterocycles. The molecule has 0 radical (unpaired) electrons. The lowest BCUT2D eigenvalue weighted by Gasteiger charge is -2.27. The van der Waals surface area contributed by atoms with Gasteiger partial charge in [-0.05, 0) is 31.2 Å². The normalized spacial score (nSPS) is 39.6. The summed E-state index contributed by atoms with van der Waals surface area (Å²) in [5, 5.41) is 3.47. The van der Waals surface area contributed by atoms with E-state index in [4.69, 9.17) is 5.73 Å². The fourth-order valence-corrected chi connectivity index (χ4v) is 3.03. The summed E-state index contributed by atoms with van der Waals surface area (Å²) >= 11 is 0. The van der Waals surface area contributed by atoms with Crippen molar-refractivity contribution >= 4 is 0 Å². The zero-order chi connectivity index (χ0) is 12.6. The summed E-state index contributed by atoms with van der Waals surface area (Å²) in [7, 11) is 0. The van der Waals surface area contributed by atoms with Gasteiger partial charge in [0.05, 0.1) is 0 Å². The van der Waals surface area contributed by atoms with Gasteiger partial charge in [0.2, 0.25) is 0 Å². The Kier molecular flexibility index (Phi) is 3.12. The monoisotopic (exact) mass is 248 g/mol. The number of nitrogens with one attached hydrogen (secondary N) is 1. The van der Waals surface area contributed by atoms with Crippen molar-refractivity contribution in [3.63, 3.8) is 0 Å². The number of nitrogens with two attached hydrogens (primary N) is 1. The summed E-state index contributed by atoms with van der Waals surface area (Å²) in [6, 6.07) is 10.3. The van der Waals surface area contributed by atoms with E-state index < -0.39 is 5.67 Å². The largest absolute Gasteiger partial charge is 0.328 e. The Balaban J connectivity index is 1.58. The van der Waals surface area contributed by atoms with E-state index in [-0.39, 0.29) is 6.04 Å². The molecule has 2 atom stereocenters. The zero-order valence-electron chi connectivity index (χ0n) is 10.6. The quantitative estimate of drug-likeness (QED) is 0.862. The van der Waals surface area contributed by atoms with Crippen LogP contribution in [0.5, 0.6) is 0 Å². The standard InChI is InChI=1S/C15H21FN2/c16-15(11-4-2-1-3-5-11)10-14(15)18-13-8-6-12(17)7-9-13/h1-5,12-14,18H,6-10,17H2. The first kappa shape index (κ1) is 12.1. The van der Waals surface area contributed by atoms with Crippen molar-refractivity contribution in [2.75, 3.05) is 0 Å². The molecule has 0 amide bonds. The minimum atomic E-state index is -1.14. The van der Waals surface area contributed by atoms with Gasteiger partial charge in [-0.3, -0.25) is 0 Å². The molecule has 0 aromatic heterocycles. The number of halogens is 1. The Morgan fingerprint density at radius 1 is 1.11 bits per heavy atom. The molecule has 0 aliphatic heterocycles. The van der Waals surface area contributed by atoms with E-state index in [0.717, 1.165) is 31.2 Å². The fourth-order valence-electron chi connectivity index (χ4n) is 3.03. The van der Waals surface area contributed by atoms with Crippen LogP contribution in [0.2, 0.25) is 0 Å². The molecule has 2 aliphatic carbocycles. The minimum Gasteiger partial charge on any atom is -0.328 e. The third-order valence-electron chi connectivity index (χ3n) is 4.36. The molecule has 3 N–H and O–H groups in total. The lowest BCUT2D eigenvalue weighted by molar-refractivity contribution is 0.267. The summed E-state index contributed by atoms with van der Waals surface area (Å²) in [6.07, 6.45) is 4.91. The fraction of sp³-hybridized carbons (Fsp3) is 0.600. The van der Waals surface area contributed by atoms with E-state index in [1.165, 1.54) is 0 Å². The van der Waals surface area contributed by atoms with E-state index >= 15 is 0 Å². The molecular formula is C15H21FN2. The highest BCUT2D eigenvalue weighted by Crippen LogP contribution is 2.50. The van der Waals surface area contributed by atoms with Crippen molar-refractivity contribution in [2.24, 2.45) is 5.73 Å². The van der Waals surface area contributed by atoms with Crippen molar-refractivity contribution < 1.29 is 4.39 Å². The van der Waals surface area contributed by atoms with Crippen LogP contribution in [0.15, 0.2) is 30.3 Å². The van der Waals surface area contributed by atoms with Gasteiger partial charge < -0.3 is 11.1 Å². The van der Waals surface area contributed by atoms with Crippen LogP contribution in [0.25, 0.3) is 0 Å². The van der Waals surface area contributed by atoms with Crippen LogP contribution in [-0.4, -0.2) is 18.1 Å². The maximum atomic E-state index is 14.6. The first-order valence-electron chi connectivity index (χ1n) is 6.94. The Bertz CT molecular complexity index is 400. The molecule has 2 nitrogen and oxygen atoms in total. The second-order valence-corrected chi connectivity index (χ2v) is 5.76. The first-order chi connectivity index (χ1) is 8.68. The predicted octanol–water partition coefficient (Wildman–Crippen LogP) is 2.48. The molecule has 3 rings (SSSR count). The smallest absolute Gasteiger partial charge is 0.152 e. The van der Waals surface area contributed by atoms with Gasteiger partial charge in [-0.1, -0.05) is 30.3 Å². The summed E-state index contributed by atoms with van der Waals surface area (Å²) in [5.41, 5.74) is 5.56. The highest BCUT2D eigenvalue weighted by Gasteiger charge is 2.57. The van der Waals surface area contributed by atoms with Gasteiger partial charge in [0.25, 0.3) is 0 Å². The second kappa shape index (κ2) is 4.63. The van der Waals surface area contributed by atoms with E-state index in [0.29, 0.717) is 18.5 Å². The number of hydrogen-bond acceptors (Lipinski definition) is 2.